The molecule has 23 atom stereocenters. The van der Waals surface area contributed by atoms with E-state index in [-0.39, 0.29) is 132 Å². The number of benzene rings is 5. The molecule has 4 heterocycles. The summed E-state index contributed by atoms with van der Waals surface area (Å²) in [5, 5.41) is 11.1. The van der Waals surface area contributed by atoms with Crippen LogP contribution < -0.4 is 21.3 Å². The number of esters is 3. The highest BCUT2D eigenvalue weighted by Gasteiger charge is 2.55. The van der Waals surface area contributed by atoms with Crippen molar-refractivity contribution in [1.29, 1.82) is 0 Å². The van der Waals surface area contributed by atoms with Crippen LogP contribution in [-0.2, 0) is 124 Å². The Balaban J connectivity index is 0.957. The van der Waals surface area contributed by atoms with Gasteiger partial charge in [-0.15, -0.1) is 0 Å². The molecule has 0 radical (unpaired) electrons. The summed E-state index contributed by atoms with van der Waals surface area (Å²) < 4.78 is 101. The molecule has 5 aromatic rings. The fraction of sp³-hybridized carbons (Fsp3) is 0.620. The number of nitrogens with one attached hydrogen (secondary N) is 4. The summed E-state index contributed by atoms with van der Waals surface area (Å²) in [5.74, 6) is -6.84. The summed E-state index contributed by atoms with van der Waals surface area (Å²) >= 11 is 0. The number of alkyl carbamates (subject to hydrolysis) is 1. The van der Waals surface area contributed by atoms with Gasteiger partial charge in [0, 0.05) is 55.8 Å². The molecule has 704 valence electrons. The minimum Gasteiger partial charge on any atom is -0.463 e. The number of hydrogen-bond acceptors (Lipinski definition) is 23. The van der Waals surface area contributed by atoms with Crippen LogP contribution in [0.5, 0.6) is 0 Å². The lowest BCUT2D eigenvalue weighted by Gasteiger charge is -2.52. The molecular formula is C100H142N4O23Si. The van der Waals surface area contributed by atoms with Gasteiger partial charge in [0.15, 0.2) is 33.5 Å². The molecule has 128 heavy (non-hydrogen) atoms. The van der Waals surface area contributed by atoms with Crippen molar-refractivity contribution < 1.29 is 109 Å². The number of carbonyl (C=O) groups excluding carboxylic acids is 8. The highest BCUT2D eigenvalue weighted by molar-refractivity contribution is 6.74. The van der Waals surface area contributed by atoms with E-state index < -0.39 is 171 Å². The lowest BCUT2D eigenvalue weighted by molar-refractivity contribution is -0.362. The first-order valence-electron chi connectivity index (χ1n) is 45.7. The van der Waals surface area contributed by atoms with Crippen molar-refractivity contribution in [2.75, 3.05) is 33.0 Å². The number of rotatable bonds is 40. The topological polar surface area (TPSA) is 323 Å². The Kier molecular flexibility index (Phi) is 36.7. The van der Waals surface area contributed by atoms with Crippen molar-refractivity contribution in [3.63, 3.8) is 0 Å². The first kappa shape index (κ1) is 102. The highest BCUT2D eigenvalue weighted by atomic mass is 28.4. The molecule has 4 aliphatic heterocycles. The molecule has 4 N–H and O–H groups in total. The molecule has 5 aliphatic rings. The summed E-state index contributed by atoms with van der Waals surface area (Å²) in [7, 11) is -2.91. The number of ketones is 1. The minimum atomic E-state index is -2.91. The van der Waals surface area contributed by atoms with Gasteiger partial charge in [-0.05, 0) is 148 Å². The average Bonchev–Trinajstić information content (AvgIpc) is 1.30. The zero-order valence-electron chi connectivity index (χ0n) is 78.9. The zero-order valence-corrected chi connectivity index (χ0v) is 79.9. The molecule has 10 rings (SSSR count). The quantitative estimate of drug-likeness (QED) is 0.0161. The molecule has 8 unspecified atom stereocenters. The Morgan fingerprint density at radius 1 is 0.391 bits per heavy atom. The Morgan fingerprint density at radius 2 is 0.758 bits per heavy atom. The molecule has 0 saturated carbocycles. The Hall–Kier alpha value is -8.36. The summed E-state index contributed by atoms with van der Waals surface area (Å²) in [6, 6.07) is 39.4. The summed E-state index contributed by atoms with van der Waals surface area (Å²) in [6.45, 7) is 40.9. The van der Waals surface area contributed by atoms with Gasteiger partial charge in [0.2, 0.25) is 17.7 Å². The number of Topliss-reactive ketones (excluding diaryl/α,β-unsaturated/α-hetero) is 1. The largest absolute Gasteiger partial charge is 0.463 e. The number of carbonyl (C=O) groups is 8. The number of hydrogen-bond donors (Lipinski definition) is 4. The molecule has 28 heteroatoms. The second kappa shape index (κ2) is 46.1. The third-order valence-electron chi connectivity index (χ3n) is 26.1. The van der Waals surface area contributed by atoms with E-state index in [9.17, 15) is 28.8 Å². The van der Waals surface area contributed by atoms with Crippen LogP contribution >= 0.6 is 0 Å². The van der Waals surface area contributed by atoms with Crippen molar-refractivity contribution in [2.45, 2.75) is 317 Å². The predicted molar refractivity (Wildman–Crippen MR) is 484 cm³/mol. The van der Waals surface area contributed by atoms with E-state index in [0.717, 1.165) is 38.9 Å². The van der Waals surface area contributed by atoms with Gasteiger partial charge in [-0.3, -0.25) is 28.8 Å². The van der Waals surface area contributed by atoms with Crippen LogP contribution in [-0.4, -0.2) is 192 Å². The third-order valence-corrected chi connectivity index (χ3v) is 30.5. The predicted octanol–water partition coefficient (Wildman–Crippen LogP) is 15.3. The first-order chi connectivity index (χ1) is 60.5. The lowest BCUT2D eigenvalue weighted by atomic mass is 9.78. The number of fused-ring (bicyclic) bond motifs is 3. The van der Waals surface area contributed by atoms with Gasteiger partial charge in [-0.1, -0.05) is 216 Å². The fourth-order valence-corrected chi connectivity index (χ4v) is 18.1. The molecular weight excluding hydrogens is 1650 g/mol. The van der Waals surface area contributed by atoms with Crippen LogP contribution in [0.15, 0.2) is 140 Å². The van der Waals surface area contributed by atoms with Crippen molar-refractivity contribution in [3.05, 3.63) is 167 Å². The molecule has 0 aromatic heterocycles. The average molecular weight is 1800 g/mol. The fourth-order valence-electron chi connectivity index (χ4n) is 16.9. The molecule has 0 bridgehead atoms. The third kappa shape index (κ3) is 28.6. The van der Waals surface area contributed by atoms with Crippen LogP contribution in [0.2, 0.25) is 18.1 Å². The summed E-state index contributed by atoms with van der Waals surface area (Å²) in [5.41, 5.74) is 4.86. The van der Waals surface area contributed by atoms with E-state index in [1.807, 2.05) is 153 Å². The van der Waals surface area contributed by atoms with Gasteiger partial charge < -0.3 is 96.8 Å². The van der Waals surface area contributed by atoms with E-state index in [1.165, 1.54) is 13.8 Å². The number of amides is 4. The second-order valence-electron chi connectivity index (χ2n) is 39.2. The molecule has 27 nitrogen and oxygen atoms in total. The van der Waals surface area contributed by atoms with Crippen molar-refractivity contribution in [2.24, 2.45) is 47.3 Å². The van der Waals surface area contributed by atoms with E-state index >= 15 is 9.59 Å². The first-order valence-corrected chi connectivity index (χ1v) is 48.6. The van der Waals surface area contributed by atoms with Gasteiger partial charge in [0.25, 0.3) is 0 Å². The molecule has 4 saturated heterocycles. The van der Waals surface area contributed by atoms with E-state index in [2.05, 4.69) is 96.7 Å². The maximum Gasteiger partial charge on any atom is 0.407 e. The number of ether oxygens (including phenoxy) is 14. The van der Waals surface area contributed by atoms with Gasteiger partial charge in [-0.2, -0.15) is 0 Å². The summed E-state index contributed by atoms with van der Waals surface area (Å²) in [6.07, 6.45) is -11.5. The standard InChI is InChI=1S/C100H142N4O23Si/c1-59(105)45-46-79(103-97(112)117-54-76-74-43-33-31-41-72(74)73-42-32-34-44-75(73)76)91(110)101-77(47-49-84(107)125-98(11,12)13)90(109)102-78(48-50-85(108)126-99(14,15)16)92(111)104-86-67(9)89(83(57-115-53-71-39-29-24-30-40-71)121-96(86)127-128(20,21)100(17,18)19)124-95-66(8)63(5)88(82(120-95)56-114-52-70-37-27-23-28-38-70)123-94-65(7)62(4)87(81(119-94)55-113-51-69-35-25-22-26-36-69)122-93-64(6)60(2)61(3)80(118-93)58-116-68(10)106/h22-44,60-67,76-83,86-89,93-96H,45-58H2,1-21H3,(H,101,110)(H,102,109)(H,103,112)(H,104,111)/t60-,61-,62+,63+,64?,65?,66?,67+,77-,78-,79-,80?,81?,82?,83?,86?,87-,88-,89-,93-,94-,95-,96-/m0/s1. The monoisotopic (exact) mass is 1790 g/mol. The Morgan fingerprint density at radius 3 is 1.16 bits per heavy atom. The molecule has 1 aliphatic carbocycles. The smallest absolute Gasteiger partial charge is 0.407 e. The van der Waals surface area contributed by atoms with Gasteiger partial charge in [-0.25, -0.2) is 4.79 Å². The Labute approximate surface area is 758 Å². The molecule has 5 aromatic carbocycles. The SMILES string of the molecule is CC(=O)CC[C@H](NC(=O)OCC1c2ccccc2-c2ccccc21)C(=O)N[C@@H](CCC(=O)OC(C)(C)C)C(=O)N[C@@H](CCC(=O)OC(C)(C)C)C(=O)NC1[C@H](O[Si](C)(C)C(C)(C)C)OC(COCc2ccccc2)[C@@H](O[C@@H]2OC(COCc3ccccc3)[C@@H](O[C@@H]3OC(COCc4ccccc4)[C@@H](O[C@@H]4OC(COC(C)=O)[C@@H](C)[C@H](C)C4C)[C@H](C)C3C)[C@H](C)C2C)[C@@H]1C. The maximum atomic E-state index is 16.1. The normalized spacial score (nSPS) is 27.4. The van der Waals surface area contributed by atoms with Crippen molar-refractivity contribution >= 4 is 55.8 Å². The molecule has 4 fully saturated rings. The highest BCUT2D eigenvalue weighted by Crippen LogP contribution is 2.47. The van der Waals surface area contributed by atoms with Crippen LogP contribution in [0, 0.1) is 47.3 Å². The van der Waals surface area contributed by atoms with Crippen molar-refractivity contribution in [1.82, 2.24) is 21.3 Å². The van der Waals surface area contributed by atoms with Crippen LogP contribution in [0.3, 0.4) is 0 Å². The minimum absolute atomic E-state index is 0.0233. The van der Waals surface area contributed by atoms with Gasteiger partial charge >= 0.3 is 24.0 Å². The van der Waals surface area contributed by atoms with E-state index in [1.54, 1.807) is 41.5 Å². The van der Waals surface area contributed by atoms with E-state index in [0.29, 0.717) is 6.61 Å². The Bertz CT molecular complexity index is 4380. The molecule has 4 amide bonds. The molecule has 0 spiro atoms. The van der Waals surface area contributed by atoms with Crippen LogP contribution in [0.1, 0.15) is 204 Å². The second-order valence-corrected chi connectivity index (χ2v) is 44.0. The van der Waals surface area contributed by atoms with Gasteiger partial charge in [0.05, 0.1) is 70.1 Å². The summed E-state index contributed by atoms with van der Waals surface area (Å²) in [4.78, 5) is 113. The van der Waals surface area contributed by atoms with Crippen LogP contribution in [0.25, 0.3) is 11.1 Å². The van der Waals surface area contributed by atoms with Gasteiger partial charge in [0.1, 0.15) is 66.6 Å². The van der Waals surface area contributed by atoms with Crippen molar-refractivity contribution in [3.8, 4) is 11.1 Å². The maximum absolute atomic E-state index is 16.1. The van der Waals surface area contributed by atoms with Crippen LogP contribution in [0.4, 0.5) is 4.79 Å². The lowest BCUT2D eigenvalue weighted by Crippen LogP contribution is -2.67. The van der Waals surface area contributed by atoms with E-state index in [4.69, 9.17) is 70.7 Å². The zero-order chi connectivity index (χ0) is 93.1.